The Morgan fingerprint density at radius 2 is 2.14 bits per heavy atom. The zero-order chi connectivity index (χ0) is 9.97. The van der Waals surface area contributed by atoms with Crippen LogP contribution in [-0.2, 0) is 0 Å². The molecule has 0 saturated heterocycles. The van der Waals surface area contributed by atoms with E-state index in [-0.39, 0.29) is 0 Å². The molecule has 1 aromatic rings. The highest BCUT2D eigenvalue weighted by molar-refractivity contribution is 5.69. The zero-order valence-electron chi connectivity index (χ0n) is 8.57. The summed E-state index contributed by atoms with van der Waals surface area (Å²) in [6, 6.07) is 0.506. The molecule has 1 aromatic heterocycles. The summed E-state index contributed by atoms with van der Waals surface area (Å²) in [6.45, 7) is 2.02. The second-order valence-corrected chi connectivity index (χ2v) is 4.04. The number of carbonyl (C=O) groups is 1. The molecule has 0 spiro atoms. The molecule has 14 heavy (non-hydrogen) atoms. The third-order valence-corrected chi connectivity index (χ3v) is 3.06. The molecule has 0 bridgehead atoms. The summed E-state index contributed by atoms with van der Waals surface area (Å²) in [5.41, 5.74) is 1.11. The predicted molar refractivity (Wildman–Crippen MR) is 54.5 cm³/mol. The van der Waals surface area contributed by atoms with Crippen LogP contribution in [0.4, 0.5) is 0 Å². The van der Waals surface area contributed by atoms with Gasteiger partial charge in [0.05, 0.1) is 0 Å². The van der Waals surface area contributed by atoms with Crippen LogP contribution in [0, 0.1) is 6.92 Å². The van der Waals surface area contributed by atoms with Gasteiger partial charge in [-0.15, -0.1) is 0 Å². The van der Waals surface area contributed by atoms with Crippen molar-refractivity contribution in [1.29, 1.82) is 0 Å². The smallest absolute Gasteiger partial charge is 0.185 e. The van der Waals surface area contributed by atoms with Crippen molar-refractivity contribution in [3.05, 3.63) is 17.7 Å². The van der Waals surface area contributed by atoms with E-state index in [2.05, 4.69) is 9.55 Å². The third kappa shape index (κ3) is 1.59. The number of aryl methyl sites for hydroxylation is 1. The summed E-state index contributed by atoms with van der Waals surface area (Å²) in [7, 11) is 0. The number of hydrogen-bond donors (Lipinski definition) is 0. The van der Waals surface area contributed by atoms with Crippen molar-refractivity contribution < 1.29 is 4.79 Å². The topological polar surface area (TPSA) is 34.9 Å². The standard InChI is InChI=1S/C11H16N2O/c1-9-7-12-11(8-14)13(9)10-5-3-2-4-6-10/h7-8,10H,2-6H2,1H3. The molecule has 3 nitrogen and oxygen atoms in total. The van der Waals surface area contributed by atoms with Crippen molar-refractivity contribution in [2.45, 2.75) is 45.1 Å². The Kier molecular flexibility index (Phi) is 2.66. The number of nitrogens with zero attached hydrogens (tertiary/aromatic N) is 2. The van der Waals surface area contributed by atoms with Gasteiger partial charge >= 0.3 is 0 Å². The van der Waals surface area contributed by atoms with Gasteiger partial charge in [-0.2, -0.15) is 0 Å². The first-order chi connectivity index (χ1) is 6.83. The molecule has 0 aliphatic heterocycles. The Bertz CT molecular complexity index is 324. The molecule has 0 N–H and O–H groups in total. The maximum absolute atomic E-state index is 10.8. The average Bonchev–Trinajstić information content (AvgIpc) is 2.61. The summed E-state index contributed by atoms with van der Waals surface area (Å²) in [6.07, 6.45) is 8.93. The van der Waals surface area contributed by atoms with Crippen molar-refractivity contribution >= 4 is 6.29 Å². The van der Waals surface area contributed by atoms with Crippen molar-refractivity contribution in [3.63, 3.8) is 0 Å². The van der Waals surface area contributed by atoms with Crippen LogP contribution in [0.3, 0.4) is 0 Å². The van der Waals surface area contributed by atoms with Gasteiger partial charge in [-0.05, 0) is 19.8 Å². The Balaban J connectivity index is 2.28. The van der Waals surface area contributed by atoms with Crippen molar-refractivity contribution in [3.8, 4) is 0 Å². The molecule has 3 heteroatoms. The van der Waals surface area contributed by atoms with Crippen LogP contribution in [0.15, 0.2) is 6.20 Å². The van der Waals surface area contributed by atoms with E-state index in [1.165, 1.54) is 32.1 Å². The van der Waals surface area contributed by atoms with E-state index in [1.54, 1.807) is 6.20 Å². The van der Waals surface area contributed by atoms with Crippen LogP contribution in [0.5, 0.6) is 0 Å². The lowest BCUT2D eigenvalue weighted by Crippen LogP contribution is -2.16. The van der Waals surface area contributed by atoms with Crippen LogP contribution in [-0.4, -0.2) is 15.8 Å². The highest BCUT2D eigenvalue weighted by atomic mass is 16.1. The monoisotopic (exact) mass is 192 g/mol. The van der Waals surface area contributed by atoms with Gasteiger partial charge in [0.1, 0.15) is 0 Å². The summed E-state index contributed by atoms with van der Waals surface area (Å²) in [5, 5.41) is 0. The normalized spacial score (nSPS) is 18.4. The van der Waals surface area contributed by atoms with E-state index in [1.807, 2.05) is 6.92 Å². The maximum Gasteiger partial charge on any atom is 0.185 e. The SMILES string of the molecule is Cc1cnc(C=O)n1C1CCCCC1. The van der Waals surface area contributed by atoms with Gasteiger partial charge in [-0.3, -0.25) is 4.79 Å². The molecule has 1 aliphatic rings. The number of aldehydes is 1. The Morgan fingerprint density at radius 3 is 2.79 bits per heavy atom. The average molecular weight is 192 g/mol. The molecule has 0 radical (unpaired) electrons. The molecule has 76 valence electrons. The largest absolute Gasteiger partial charge is 0.323 e. The second-order valence-electron chi connectivity index (χ2n) is 4.04. The lowest BCUT2D eigenvalue weighted by molar-refractivity contribution is 0.110. The minimum Gasteiger partial charge on any atom is -0.323 e. The summed E-state index contributed by atoms with van der Waals surface area (Å²) < 4.78 is 2.10. The lowest BCUT2D eigenvalue weighted by Gasteiger charge is -2.25. The van der Waals surface area contributed by atoms with E-state index in [0.717, 1.165) is 12.0 Å². The molecular formula is C11H16N2O. The maximum atomic E-state index is 10.8. The molecule has 1 aliphatic carbocycles. The highest BCUT2D eigenvalue weighted by Crippen LogP contribution is 2.29. The minimum absolute atomic E-state index is 0.506. The Labute approximate surface area is 84.1 Å². The number of imidazole rings is 1. The third-order valence-electron chi connectivity index (χ3n) is 3.06. The molecule has 0 unspecified atom stereocenters. The van der Waals surface area contributed by atoms with Crippen LogP contribution in [0.2, 0.25) is 0 Å². The van der Waals surface area contributed by atoms with Crippen LogP contribution in [0.1, 0.15) is 54.5 Å². The number of carbonyl (C=O) groups excluding carboxylic acids is 1. The minimum atomic E-state index is 0.506. The fraction of sp³-hybridized carbons (Fsp3) is 0.636. The number of aromatic nitrogens is 2. The van der Waals surface area contributed by atoms with Crippen molar-refractivity contribution in [2.75, 3.05) is 0 Å². The molecule has 0 atom stereocenters. The van der Waals surface area contributed by atoms with Crippen molar-refractivity contribution in [1.82, 2.24) is 9.55 Å². The van der Waals surface area contributed by atoms with E-state index >= 15 is 0 Å². The van der Waals surface area contributed by atoms with Gasteiger partial charge in [0.15, 0.2) is 12.1 Å². The van der Waals surface area contributed by atoms with Gasteiger partial charge in [-0.1, -0.05) is 19.3 Å². The van der Waals surface area contributed by atoms with Gasteiger partial charge in [0.2, 0.25) is 0 Å². The van der Waals surface area contributed by atoms with Gasteiger partial charge < -0.3 is 4.57 Å². The van der Waals surface area contributed by atoms with E-state index in [0.29, 0.717) is 11.9 Å². The fourth-order valence-electron chi connectivity index (χ4n) is 2.37. The Morgan fingerprint density at radius 1 is 1.43 bits per heavy atom. The zero-order valence-corrected chi connectivity index (χ0v) is 8.57. The molecule has 1 saturated carbocycles. The first-order valence-electron chi connectivity index (χ1n) is 5.32. The molecule has 0 amide bonds. The molecule has 1 heterocycles. The van der Waals surface area contributed by atoms with E-state index < -0.39 is 0 Å². The fourth-order valence-corrected chi connectivity index (χ4v) is 2.37. The lowest BCUT2D eigenvalue weighted by atomic mass is 9.95. The summed E-state index contributed by atoms with van der Waals surface area (Å²) in [4.78, 5) is 14.9. The van der Waals surface area contributed by atoms with Crippen molar-refractivity contribution in [2.24, 2.45) is 0 Å². The summed E-state index contributed by atoms with van der Waals surface area (Å²) in [5.74, 6) is 0.592. The summed E-state index contributed by atoms with van der Waals surface area (Å²) >= 11 is 0. The quantitative estimate of drug-likeness (QED) is 0.675. The van der Waals surface area contributed by atoms with Gasteiger partial charge in [0.25, 0.3) is 0 Å². The van der Waals surface area contributed by atoms with E-state index in [4.69, 9.17) is 0 Å². The first kappa shape index (κ1) is 9.44. The molecule has 0 aromatic carbocycles. The van der Waals surface area contributed by atoms with Crippen LogP contribution < -0.4 is 0 Å². The van der Waals surface area contributed by atoms with Crippen LogP contribution in [0.25, 0.3) is 0 Å². The predicted octanol–water partition coefficient (Wildman–Crippen LogP) is 2.51. The second kappa shape index (κ2) is 3.95. The molecule has 1 fully saturated rings. The number of rotatable bonds is 2. The van der Waals surface area contributed by atoms with Gasteiger partial charge in [-0.25, -0.2) is 4.98 Å². The van der Waals surface area contributed by atoms with Gasteiger partial charge in [0, 0.05) is 17.9 Å². The molecular weight excluding hydrogens is 176 g/mol. The Hall–Kier alpha value is -1.12. The first-order valence-corrected chi connectivity index (χ1v) is 5.32. The van der Waals surface area contributed by atoms with E-state index in [9.17, 15) is 4.79 Å². The van der Waals surface area contributed by atoms with Crippen LogP contribution >= 0.6 is 0 Å². The number of hydrogen-bond acceptors (Lipinski definition) is 2. The molecule has 2 rings (SSSR count). The highest BCUT2D eigenvalue weighted by Gasteiger charge is 2.19.